The number of aliphatic hydroxyl groups is 1. The van der Waals surface area contributed by atoms with Crippen LogP contribution in [0.2, 0.25) is 0 Å². The number of amides is 1. The summed E-state index contributed by atoms with van der Waals surface area (Å²) >= 11 is 0. The molecule has 0 fully saturated rings. The molecular formula is C12H16N4O3. The summed E-state index contributed by atoms with van der Waals surface area (Å²) < 4.78 is 2.50. The molecule has 1 unspecified atom stereocenters. The fourth-order valence-corrected chi connectivity index (χ4v) is 1.82. The first-order chi connectivity index (χ1) is 8.99. The fourth-order valence-electron chi connectivity index (χ4n) is 1.82. The van der Waals surface area contributed by atoms with Crippen LogP contribution in [0.4, 0.5) is 0 Å². The lowest BCUT2D eigenvalue weighted by atomic mass is 10.3. The fraction of sp³-hybridized carbons (Fsp3) is 0.417. The Labute approximate surface area is 109 Å². The number of rotatable bonds is 4. The minimum Gasteiger partial charge on any atom is -0.392 e. The number of fused-ring (bicyclic) bond motifs is 1. The number of carbonyl (C=O) groups is 1. The Morgan fingerprint density at radius 3 is 2.89 bits per heavy atom. The summed E-state index contributed by atoms with van der Waals surface area (Å²) in [6.45, 7) is 1.69. The van der Waals surface area contributed by atoms with Crippen molar-refractivity contribution in [3.63, 3.8) is 0 Å². The summed E-state index contributed by atoms with van der Waals surface area (Å²) in [7, 11) is 1.58. The van der Waals surface area contributed by atoms with Crippen molar-refractivity contribution in [1.82, 2.24) is 19.1 Å². The molecule has 2 rings (SSSR count). The van der Waals surface area contributed by atoms with E-state index in [1.54, 1.807) is 38.4 Å². The van der Waals surface area contributed by atoms with Gasteiger partial charge in [0.25, 0.3) is 0 Å². The van der Waals surface area contributed by atoms with Gasteiger partial charge in [-0.25, -0.2) is 9.48 Å². The van der Waals surface area contributed by atoms with E-state index in [2.05, 4.69) is 5.10 Å². The lowest BCUT2D eigenvalue weighted by molar-refractivity contribution is -0.131. The number of nitrogens with zero attached hydrogens (tertiary/aromatic N) is 4. The molecule has 1 N–H and O–H groups in total. The van der Waals surface area contributed by atoms with E-state index in [0.29, 0.717) is 5.65 Å². The average molecular weight is 264 g/mol. The van der Waals surface area contributed by atoms with E-state index in [1.807, 2.05) is 0 Å². The Balaban J connectivity index is 2.20. The number of aliphatic hydroxyl groups excluding tert-OH is 1. The van der Waals surface area contributed by atoms with Gasteiger partial charge in [0.15, 0.2) is 5.65 Å². The molecule has 2 aromatic rings. The standard InChI is InChI=1S/C12H16N4O3/c1-9(17)7-14(2)11(18)8-16-12(19)15-6-4-3-5-10(15)13-16/h3-6,9,17H,7-8H2,1-2H3. The molecule has 0 saturated carbocycles. The molecule has 2 aromatic heterocycles. The summed E-state index contributed by atoms with van der Waals surface area (Å²) in [6.07, 6.45) is 0.997. The molecule has 2 heterocycles. The lowest BCUT2D eigenvalue weighted by Crippen LogP contribution is -2.37. The number of carbonyl (C=O) groups excluding carboxylic acids is 1. The highest BCUT2D eigenvalue weighted by molar-refractivity contribution is 5.75. The summed E-state index contributed by atoms with van der Waals surface area (Å²) in [5, 5.41) is 13.3. The number of likely N-dealkylation sites (N-methyl/N-ethyl adjacent to an activating group) is 1. The van der Waals surface area contributed by atoms with Crippen LogP contribution in [-0.2, 0) is 11.3 Å². The van der Waals surface area contributed by atoms with E-state index in [1.165, 1.54) is 9.30 Å². The van der Waals surface area contributed by atoms with Gasteiger partial charge in [0.2, 0.25) is 5.91 Å². The molecule has 7 heteroatoms. The smallest absolute Gasteiger partial charge is 0.350 e. The van der Waals surface area contributed by atoms with Crippen LogP contribution < -0.4 is 5.69 Å². The molecular weight excluding hydrogens is 248 g/mol. The minimum absolute atomic E-state index is 0.135. The van der Waals surface area contributed by atoms with Gasteiger partial charge in [-0.2, -0.15) is 0 Å². The van der Waals surface area contributed by atoms with Crippen molar-refractivity contribution in [2.45, 2.75) is 19.6 Å². The van der Waals surface area contributed by atoms with Gasteiger partial charge in [-0.1, -0.05) is 6.07 Å². The monoisotopic (exact) mass is 264 g/mol. The molecule has 1 atom stereocenters. The van der Waals surface area contributed by atoms with Crippen molar-refractivity contribution < 1.29 is 9.90 Å². The molecule has 0 aromatic carbocycles. The second kappa shape index (κ2) is 5.23. The van der Waals surface area contributed by atoms with Crippen molar-refractivity contribution >= 4 is 11.6 Å². The zero-order chi connectivity index (χ0) is 14.0. The Morgan fingerprint density at radius 2 is 2.26 bits per heavy atom. The molecule has 0 saturated heterocycles. The van der Waals surface area contributed by atoms with Crippen molar-refractivity contribution in [3.05, 3.63) is 34.9 Å². The van der Waals surface area contributed by atoms with E-state index in [9.17, 15) is 14.7 Å². The third kappa shape index (κ3) is 2.82. The van der Waals surface area contributed by atoms with Gasteiger partial charge in [-0.05, 0) is 19.1 Å². The number of hydrogen-bond donors (Lipinski definition) is 1. The highest BCUT2D eigenvalue weighted by Crippen LogP contribution is 1.96. The maximum Gasteiger partial charge on any atom is 0.350 e. The Hall–Kier alpha value is -2.15. The Kier molecular flexibility index (Phi) is 3.66. The summed E-state index contributed by atoms with van der Waals surface area (Å²) in [4.78, 5) is 25.2. The largest absolute Gasteiger partial charge is 0.392 e. The van der Waals surface area contributed by atoms with Crippen LogP contribution >= 0.6 is 0 Å². The van der Waals surface area contributed by atoms with Crippen LogP contribution in [0.25, 0.3) is 5.65 Å². The van der Waals surface area contributed by atoms with Crippen molar-refractivity contribution in [3.8, 4) is 0 Å². The van der Waals surface area contributed by atoms with Gasteiger partial charge in [0, 0.05) is 19.8 Å². The number of hydrogen-bond acceptors (Lipinski definition) is 4. The average Bonchev–Trinajstić information content (AvgIpc) is 2.66. The van der Waals surface area contributed by atoms with Gasteiger partial charge >= 0.3 is 5.69 Å². The highest BCUT2D eigenvalue weighted by Gasteiger charge is 2.14. The molecule has 0 spiro atoms. The first-order valence-corrected chi connectivity index (χ1v) is 5.95. The van der Waals surface area contributed by atoms with E-state index in [0.717, 1.165) is 4.68 Å². The summed E-state index contributed by atoms with van der Waals surface area (Å²) in [5.41, 5.74) is 0.146. The quantitative estimate of drug-likeness (QED) is 0.794. The molecule has 0 aliphatic carbocycles. The van der Waals surface area contributed by atoms with Gasteiger partial charge < -0.3 is 10.0 Å². The zero-order valence-corrected chi connectivity index (χ0v) is 10.9. The van der Waals surface area contributed by atoms with Gasteiger partial charge in [0.05, 0.1) is 6.10 Å². The van der Waals surface area contributed by atoms with Crippen LogP contribution in [0.3, 0.4) is 0 Å². The molecule has 102 valence electrons. The van der Waals surface area contributed by atoms with E-state index in [-0.39, 0.29) is 24.7 Å². The molecule has 0 radical (unpaired) electrons. The van der Waals surface area contributed by atoms with Gasteiger partial charge in [-0.15, -0.1) is 5.10 Å². The number of aromatic nitrogens is 3. The van der Waals surface area contributed by atoms with Crippen LogP contribution in [0.5, 0.6) is 0 Å². The van der Waals surface area contributed by atoms with Gasteiger partial charge in [0.1, 0.15) is 6.54 Å². The summed E-state index contributed by atoms with van der Waals surface area (Å²) in [6, 6.07) is 5.19. The molecule has 19 heavy (non-hydrogen) atoms. The first kappa shape index (κ1) is 13.3. The topological polar surface area (TPSA) is 79.8 Å². The minimum atomic E-state index is -0.605. The van der Waals surface area contributed by atoms with Crippen molar-refractivity contribution in [2.24, 2.45) is 0 Å². The highest BCUT2D eigenvalue weighted by atomic mass is 16.3. The van der Waals surface area contributed by atoms with Gasteiger partial charge in [-0.3, -0.25) is 9.20 Å². The van der Waals surface area contributed by atoms with Crippen LogP contribution in [-0.4, -0.2) is 49.8 Å². The Bertz CT molecular complexity index is 644. The molecule has 1 amide bonds. The molecule has 0 aliphatic heterocycles. The van der Waals surface area contributed by atoms with Crippen molar-refractivity contribution in [2.75, 3.05) is 13.6 Å². The third-order valence-corrected chi connectivity index (χ3v) is 2.74. The maximum atomic E-state index is 12.0. The SMILES string of the molecule is CC(O)CN(C)C(=O)Cn1nc2ccccn2c1=O. The normalized spacial score (nSPS) is 12.6. The predicted molar refractivity (Wildman–Crippen MR) is 68.8 cm³/mol. The first-order valence-electron chi connectivity index (χ1n) is 5.95. The zero-order valence-electron chi connectivity index (χ0n) is 10.9. The molecule has 0 bridgehead atoms. The van der Waals surface area contributed by atoms with E-state index < -0.39 is 6.10 Å². The second-order valence-electron chi connectivity index (χ2n) is 4.49. The second-order valence-corrected chi connectivity index (χ2v) is 4.49. The molecule has 0 aliphatic rings. The summed E-state index contributed by atoms with van der Waals surface area (Å²) in [5.74, 6) is -0.272. The van der Waals surface area contributed by atoms with Crippen LogP contribution in [0.1, 0.15) is 6.92 Å². The van der Waals surface area contributed by atoms with Crippen LogP contribution in [0.15, 0.2) is 29.2 Å². The van der Waals surface area contributed by atoms with Crippen molar-refractivity contribution in [1.29, 1.82) is 0 Å². The Morgan fingerprint density at radius 1 is 1.53 bits per heavy atom. The van der Waals surface area contributed by atoms with E-state index in [4.69, 9.17) is 0 Å². The lowest BCUT2D eigenvalue weighted by Gasteiger charge is -2.18. The maximum absolute atomic E-state index is 12.0. The molecule has 7 nitrogen and oxygen atoms in total. The van der Waals surface area contributed by atoms with Crippen LogP contribution in [0, 0.1) is 0 Å². The number of pyridine rings is 1. The predicted octanol–water partition coefficient (Wildman–Crippen LogP) is -0.665. The van der Waals surface area contributed by atoms with E-state index >= 15 is 0 Å². The third-order valence-electron chi connectivity index (χ3n) is 2.74.